The number of ether oxygens (including phenoxy) is 1. The number of sulfonamides is 1. The molecule has 0 radical (unpaired) electrons. The number of carbonyl (C=O) groups excluding carboxylic acids is 2. The Labute approximate surface area is 165 Å². The zero-order valence-electron chi connectivity index (χ0n) is 15.6. The standard InChI is InChI=1S/C18H25ClN2O5S/c1-3-20(4-2)17(22)13-26-18(23)14-8-9-15(19)16(12-14)27(24,25)21-10-6-5-7-11-21/h8-9,12H,3-7,10-11,13H2,1-2H3. The molecule has 1 amide bonds. The van der Waals surface area contributed by atoms with E-state index in [0.717, 1.165) is 19.3 Å². The van der Waals surface area contributed by atoms with Gasteiger partial charge >= 0.3 is 5.97 Å². The predicted octanol–water partition coefficient (Wildman–Crippen LogP) is 2.54. The van der Waals surface area contributed by atoms with E-state index in [2.05, 4.69) is 0 Å². The summed E-state index contributed by atoms with van der Waals surface area (Å²) < 4.78 is 32.1. The summed E-state index contributed by atoms with van der Waals surface area (Å²) in [7, 11) is -3.78. The summed E-state index contributed by atoms with van der Waals surface area (Å²) in [5, 5.41) is 0.0522. The van der Waals surface area contributed by atoms with Crippen molar-refractivity contribution in [2.24, 2.45) is 0 Å². The van der Waals surface area contributed by atoms with Gasteiger partial charge in [0.2, 0.25) is 10.0 Å². The number of piperidine rings is 1. The lowest BCUT2D eigenvalue weighted by Gasteiger charge is -2.26. The monoisotopic (exact) mass is 416 g/mol. The topological polar surface area (TPSA) is 84.0 Å². The second kappa shape index (κ2) is 9.52. The molecule has 7 nitrogen and oxygen atoms in total. The lowest BCUT2D eigenvalue weighted by atomic mass is 10.2. The van der Waals surface area contributed by atoms with Crippen molar-refractivity contribution < 1.29 is 22.7 Å². The quantitative estimate of drug-likeness (QED) is 0.638. The maximum atomic E-state index is 12.8. The number of hydrogen-bond donors (Lipinski definition) is 0. The average Bonchev–Trinajstić information content (AvgIpc) is 2.68. The van der Waals surface area contributed by atoms with Gasteiger partial charge in [0, 0.05) is 26.2 Å². The van der Waals surface area contributed by atoms with Crippen LogP contribution in [0.2, 0.25) is 5.02 Å². The van der Waals surface area contributed by atoms with Crippen molar-refractivity contribution in [3.8, 4) is 0 Å². The van der Waals surface area contributed by atoms with Crippen molar-refractivity contribution in [3.63, 3.8) is 0 Å². The summed E-state index contributed by atoms with van der Waals surface area (Å²) in [6, 6.07) is 3.97. The van der Waals surface area contributed by atoms with E-state index in [1.54, 1.807) is 4.90 Å². The molecule has 1 saturated heterocycles. The van der Waals surface area contributed by atoms with E-state index >= 15 is 0 Å². The van der Waals surface area contributed by atoms with E-state index in [0.29, 0.717) is 26.2 Å². The lowest BCUT2D eigenvalue weighted by Crippen LogP contribution is -2.36. The summed E-state index contributed by atoms with van der Waals surface area (Å²) in [5.41, 5.74) is 0.0438. The van der Waals surface area contributed by atoms with Crippen LogP contribution in [0.25, 0.3) is 0 Å². The van der Waals surface area contributed by atoms with Crippen LogP contribution in [0.15, 0.2) is 23.1 Å². The van der Waals surface area contributed by atoms with Gasteiger partial charge in [-0.15, -0.1) is 0 Å². The number of rotatable bonds is 7. The van der Waals surface area contributed by atoms with E-state index in [-0.39, 0.29) is 21.4 Å². The molecule has 0 unspecified atom stereocenters. The lowest BCUT2D eigenvalue weighted by molar-refractivity contribution is -0.134. The Kier molecular flexibility index (Phi) is 7.64. The van der Waals surface area contributed by atoms with Gasteiger partial charge in [0.05, 0.1) is 10.6 Å². The third-order valence-electron chi connectivity index (χ3n) is 4.54. The Bertz CT molecular complexity index is 787. The Morgan fingerprint density at radius 1 is 1.15 bits per heavy atom. The molecule has 1 aliphatic heterocycles. The Balaban J connectivity index is 2.16. The fraction of sp³-hybridized carbons (Fsp3) is 0.556. The first-order chi connectivity index (χ1) is 12.8. The molecule has 1 aromatic carbocycles. The fourth-order valence-electron chi connectivity index (χ4n) is 2.95. The third-order valence-corrected chi connectivity index (χ3v) is 6.92. The van der Waals surface area contributed by atoms with Gasteiger partial charge in [-0.3, -0.25) is 4.79 Å². The summed E-state index contributed by atoms with van der Waals surface area (Å²) in [4.78, 5) is 25.7. The molecule has 150 valence electrons. The maximum Gasteiger partial charge on any atom is 0.338 e. The number of nitrogens with zero attached hydrogens (tertiary/aromatic N) is 2. The Morgan fingerprint density at radius 3 is 2.37 bits per heavy atom. The highest BCUT2D eigenvalue weighted by molar-refractivity contribution is 7.89. The minimum atomic E-state index is -3.78. The fourth-order valence-corrected chi connectivity index (χ4v) is 4.97. The van der Waals surface area contributed by atoms with Crippen LogP contribution < -0.4 is 0 Å². The van der Waals surface area contributed by atoms with Crippen LogP contribution in [0.1, 0.15) is 43.5 Å². The van der Waals surface area contributed by atoms with Crippen molar-refractivity contribution in [1.82, 2.24) is 9.21 Å². The first-order valence-electron chi connectivity index (χ1n) is 9.05. The van der Waals surface area contributed by atoms with Crippen LogP contribution in [0.4, 0.5) is 0 Å². The molecule has 2 rings (SSSR count). The molecule has 0 atom stereocenters. The molecule has 0 bridgehead atoms. The van der Waals surface area contributed by atoms with Crippen LogP contribution in [-0.2, 0) is 19.6 Å². The Morgan fingerprint density at radius 2 is 1.78 bits per heavy atom. The molecule has 1 heterocycles. The van der Waals surface area contributed by atoms with Gasteiger partial charge in [-0.1, -0.05) is 18.0 Å². The van der Waals surface area contributed by atoms with E-state index in [9.17, 15) is 18.0 Å². The summed E-state index contributed by atoms with van der Waals surface area (Å²) in [5.74, 6) is -1.06. The smallest absolute Gasteiger partial charge is 0.338 e. The zero-order valence-corrected chi connectivity index (χ0v) is 17.2. The van der Waals surface area contributed by atoms with Crippen molar-refractivity contribution in [3.05, 3.63) is 28.8 Å². The van der Waals surface area contributed by atoms with E-state index in [4.69, 9.17) is 16.3 Å². The Hall–Kier alpha value is -1.64. The molecule has 27 heavy (non-hydrogen) atoms. The van der Waals surface area contributed by atoms with E-state index in [1.807, 2.05) is 13.8 Å². The molecular formula is C18H25ClN2O5S. The minimum absolute atomic E-state index is 0.0438. The molecule has 0 aromatic heterocycles. The summed E-state index contributed by atoms with van der Waals surface area (Å²) in [6.45, 7) is 5.19. The van der Waals surface area contributed by atoms with Gasteiger partial charge in [0.15, 0.2) is 6.61 Å². The van der Waals surface area contributed by atoms with Crippen LogP contribution in [-0.4, -0.2) is 62.3 Å². The number of hydrogen-bond acceptors (Lipinski definition) is 5. The zero-order chi connectivity index (χ0) is 20.0. The molecule has 0 aliphatic carbocycles. The normalized spacial score (nSPS) is 15.4. The van der Waals surface area contributed by atoms with Gasteiger partial charge in [-0.25, -0.2) is 13.2 Å². The van der Waals surface area contributed by atoms with Crippen molar-refractivity contribution in [2.75, 3.05) is 32.8 Å². The van der Waals surface area contributed by atoms with Gasteiger partial charge in [0.1, 0.15) is 4.90 Å². The molecular weight excluding hydrogens is 392 g/mol. The number of benzene rings is 1. The van der Waals surface area contributed by atoms with E-state index in [1.165, 1.54) is 22.5 Å². The average molecular weight is 417 g/mol. The first kappa shape index (κ1) is 21.7. The molecule has 1 fully saturated rings. The third kappa shape index (κ3) is 5.21. The number of halogens is 1. The highest BCUT2D eigenvalue weighted by Crippen LogP contribution is 2.28. The molecule has 0 N–H and O–H groups in total. The van der Waals surface area contributed by atoms with Crippen molar-refractivity contribution in [2.45, 2.75) is 38.0 Å². The van der Waals surface area contributed by atoms with Crippen LogP contribution in [0, 0.1) is 0 Å². The molecule has 1 aromatic rings. The maximum absolute atomic E-state index is 12.8. The minimum Gasteiger partial charge on any atom is -0.452 e. The van der Waals surface area contributed by atoms with Crippen molar-refractivity contribution >= 4 is 33.5 Å². The summed E-state index contributed by atoms with van der Waals surface area (Å²) >= 11 is 6.09. The second-order valence-corrected chi connectivity index (χ2v) is 8.57. The largest absolute Gasteiger partial charge is 0.452 e. The van der Waals surface area contributed by atoms with Gasteiger partial charge in [0.25, 0.3) is 5.91 Å². The van der Waals surface area contributed by atoms with Crippen molar-refractivity contribution in [1.29, 1.82) is 0 Å². The molecule has 0 spiro atoms. The van der Waals surface area contributed by atoms with E-state index < -0.39 is 22.6 Å². The molecule has 1 aliphatic rings. The second-order valence-electron chi connectivity index (χ2n) is 6.25. The van der Waals surface area contributed by atoms with Gasteiger partial charge in [-0.2, -0.15) is 4.31 Å². The number of carbonyl (C=O) groups is 2. The number of likely N-dealkylation sites (N-methyl/N-ethyl adjacent to an activating group) is 1. The van der Waals surface area contributed by atoms with Gasteiger partial charge in [-0.05, 0) is 44.9 Å². The summed E-state index contributed by atoms with van der Waals surface area (Å²) in [6.07, 6.45) is 2.59. The highest BCUT2D eigenvalue weighted by atomic mass is 35.5. The SMILES string of the molecule is CCN(CC)C(=O)COC(=O)c1ccc(Cl)c(S(=O)(=O)N2CCCCC2)c1. The van der Waals surface area contributed by atoms with Crippen LogP contribution >= 0.6 is 11.6 Å². The van der Waals surface area contributed by atoms with Gasteiger partial charge < -0.3 is 9.64 Å². The molecule has 0 saturated carbocycles. The molecule has 9 heteroatoms. The number of amides is 1. The first-order valence-corrected chi connectivity index (χ1v) is 10.9. The van der Waals surface area contributed by atoms with Crippen LogP contribution in [0.3, 0.4) is 0 Å². The van der Waals surface area contributed by atoms with Crippen LogP contribution in [0.5, 0.6) is 0 Å². The predicted molar refractivity (Wildman–Crippen MR) is 102 cm³/mol. The highest BCUT2D eigenvalue weighted by Gasteiger charge is 2.29. The number of esters is 1.